The third-order valence-corrected chi connectivity index (χ3v) is 4.92. The summed E-state index contributed by atoms with van der Waals surface area (Å²) >= 11 is 1.17. The minimum absolute atomic E-state index is 0.125. The van der Waals surface area contributed by atoms with E-state index in [1.165, 1.54) is 17.8 Å². The van der Waals surface area contributed by atoms with Gasteiger partial charge in [0.25, 0.3) is 5.69 Å². The fraction of sp³-hybridized carbons (Fsp3) is 0.167. The second-order valence-corrected chi connectivity index (χ2v) is 6.52. The molecule has 0 unspecified atom stereocenters. The van der Waals surface area contributed by atoms with E-state index in [4.69, 9.17) is 0 Å². The number of aromatic nitrogens is 3. The van der Waals surface area contributed by atoms with Gasteiger partial charge in [-0.3, -0.25) is 14.9 Å². The number of carbonyl (C=O) groups excluding carboxylic acids is 1. The van der Waals surface area contributed by atoms with E-state index < -0.39 is 4.92 Å². The summed E-state index contributed by atoms with van der Waals surface area (Å²) in [6.07, 6.45) is 0. The highest BCUT2D eigenvalue weighted by molar-refractivity contribution is 7.99. The van der Waals surface area contributed by atoms with Crippen molar-refractivity contribution in [3.8, 4) is 0 Å². The van der Waals surface area contributed by atoms with Crippen LogP contribution in [0.5, 0.6) is 0 Å². The van der Waals surface area contributed by atoms with Crippen molar-refractivity contribution in [1.29, 1.82) is 0 Å². The maximum atomic E-state index is 12.5. The Hall–Kier alpha value is -3.00. The number of nitro groups is 1. The van der Waals surface area contributed by atoms with Crippen LogP contribution in [0.2, 0.25) is 0 Å². The number of benzene rings is 2. The first kappa shape index (κ1) is 17.8. The highest BCUT2D eigenvalue weighted by atomic mass is 32.2. The van der Waals surface area contributed by atoms with Crippen LogP contribution in [0.15, 0.2) is 58.6 Å². The molecule has 0 aliphatic carbocycles. The van der Waals surface area contributed by atoms with Gasteiger partial charge in [-0.2, -0.15) is 0 Å². The highest BCUT2D eigenvalue weighted by Gasteiger charge is 2.21. The molecule has 0 bridgehead atoms. The number of ketones is 1. The van der Waals surface area contributed by atoms with Crippen LogP contribution in [-0.4, -0.2) is 25.5 Å². The van der Waals surface area contributed by atoms with Gasteiger partial charge in [0.05, 0.1) is 9.82 Å². The topological polar surface area (TPSA) is 90.9 Å². The Morgan fingerprint density at radius 3 is 2.54 bits per heavy atom. The quantitative estimate of drug-likeness (QED) is 0.372. The van der Waals surface area contributed by atoms with Crippen LogP contribution in [0.25, 0.3) is 0 Å². The van der Waals surface area contributed by atoms with E-state index >= 15 is 0 Å². The van der Waals surface area contributed by atoms with Crippen LogP contribution in [0, 0.1) is 17.0 Å². The number of hydrogen-bond donors (Lipinski definition) is 0. The van der Waals surface area contributed by atoms with Crippen molar-refractivity contribution >= 4 is 23.2 Å². The average molecular weight is 368 g/mol. The molecule has 0 aliphatic rings. The molecule has 1 heterocycles. The molecule has 0 fully saturated rings. The molecule has 8 heteroatoms. The Morgan fingerprint density at radius 2 is 1.88 bits per heavy atom. The summed E-state index contributed by atoms with van der Waals surface area (Å²) in [6.45, 7) is 4.45. The molecule has 3 rings (SSSR count). The maximum absolute atomic E-state index is 12.5. The van der Waals surface area contributed by atoms with E-state index in [0.29, 0.717) is 22.2 Å². The monoisotopic (exact) mass is 368 g/mol. The number of hydrogen-bond acceptors (Lipinski definition) is 6. The van der Waals surface area contributed by atoms with Gasteiger partial charge >= 0.3 is 0 Å². The Balaban J connectivity index is 1.97. The summed E-state index contributed by atoms with van der Waals surface area (Å²) in [4.78, 5) is 24.0. The summed E-state index contributed by atoms with van der Waals surface area (Å²) in [5.41, 5.74) is 0.643. The lowest BCUT2D eigenvalue weighted by atomic mass is 10.0. The van der Waals surface area contributed by atoms with E-state index in [1.807, 2.05) is 24.5 Å². The molecule has 0 spiro atoms. The average Bonchev–Trinajstić information content (AvgIpc) is 3.01. The zero-order chi connectivity index (χ0) is 18.7. The van der Waals surface area contributed by atoms with Crippen LogP contribution in [0.1, 0.15) is 28.7 Å². The van der Waals surface area contributed by atoms with Crippen LogP contribution >= 0.6 is 11.8 Å². The SMILES string of the molecule is CCn1c(C)nnc1Sc1ccc(C(=O)c2ccccc2)cc1[N+](=O)[O-]. The highest BCUT2D eigenvalue weighted by Crippen LogP contribution is 2.35. The summed E-state index contributed by atoms with van der Waals surface area (Å²) in [5.74, 6) is 0.492. The van der Waals surface area contributed by atoms with Gasteiger partial charge in [0, 0.05) is 23.7 Å². The van der Waals surface area contributed by atoms with Crippen molar-refractivity contribution in [3.63, 3.8) is 0 Å². The molecule has 0 aliphatic heterocycles. The summed E-state index contributed by atoms with van der Waals surface area (Å²) < 4.78 is 1.87. The first-order chi connectivity index (χ1) is 12.5. The molecule has 2 aromatic carbocycles. The number of rotatable bonds is 6. The molecule has 0 saturated carbocycles. The summed E-state index contributed by atoms with van der Waals surface area (Å²) in [5, 5.41) is 20.2. The first-order valence-electron chi connectivity index (χ1n) is 7.97. The standard InChI is InChI=1S/C18H16N4O3S/c1-3-21-12(2)19-20-18(21)26-16-10-9-14(11-15(16)22(24)25)17(23)13-7-5-4-6-8-13/h4-11H,3H2,1-2H3. The summed E-state index contributed by atoms with van der Waals surface area (Å²) in [6, 6.07) is 13.2. The molecule has 0 amide bonds. The predicted molar refractivity (Wildman–Crippen MR) is 97.5 cm³/mol. The lowest BCUT2D eigenvalue weighted by Gasteiger charge is -2.07. The van der Waals surface area contributed by atoms with Crippen molar-refractivity contribution < 1.29 is 9.72 Å². The van der Waals surface area contributed by atoms with E-state index in [-0.39, 0.29) is 17.0 Å². The molecule has 7 nitrogen and oxygen atoms in total. The minimum Gasteiger partial charge on any atom is -0.306 e. The maximum Gasteiger partial charge on any atom is 0.284 e. The number of nitrogens with zero attached hydrogens (tertiary/aromatic N) is 4. The van der Waals surface area contributed by atoms with E-state index in [1.54, 1.807) is 36.4 Å². The molecule has 0 radical (unpaired) electrons. The van der Waals surface area contributed by atoms with Gasteiger partial charge in [0.1, 0.15) is 5.82 Å². The van der Waals surface area contributed by atoms with E-state index in [9.17, 15) is 14.9 Å². The van der Waals surface area contributed by atoms with Gasteiger partial charge in [-0.1, -0.05) is 30.3 Å². The predicted octanol–water partition coefficient (Wildman–Crippen LogP) is 3.90. The zero-order valence-corrected chi connectivity index (χ0v) is 15.1. The van der Waals surface area contributed by atoms with Crippen LogP contribution in [0.4, 0.5) is 5.69 Å². The molecule has 26 heavy (non-hydrogen) atoms. The molecule has 0 saturated heterocycles. The van der Waals surface area contributed by atoms with Gasteiger partial charge in [0.2, 0.25) is 0 Å². The Morgan fingerprint density at radius 1 is 1.15 bits per heavy atom. The second kappa shape index (κ2) is 7.49. The Bertz CT molecular complexity index is 970. The van der Waals surface area contributed by atoms with Gasteiger partial charge in [-0.25, -0.2) is 0 Å². The Kier molecular flexibility index (Phi) is 5.13. The lowest BCUT2D eigenvalue weighted by molar-refractivity contribution is -0.387. The van der Waals surface area contributed by atoms with Crippen LogP contribution in [0.3, 0.4) is 0 Å². The fourth-order valence-electron chi connectivity index (χ4n) is 2.54. The van der Waals surface area contributed by atoms with Gasteiger partial charge in [0.15, 0.2) is 10.9 Å². The van der Waals surface area contributed by atoms with Crippen molar-refractivity contribution in [1.82, 2.24) is 14.8 Å². The van der Waals surface area contributed by atoms with E-state index in [0.717, 1.165) is 5.82 Å². The molecule has 1 aromatic heterocycles. The molecule has 0 atom stereocenters. The molecular formula is C18H16N4O3S. The third-order valence-electron chi connectivity index (χ3n) is 3.87. The lowest BCUT2D eigenvalue weighted by Crippen LogP contribution is -2.03. The molecule has 3 aromatic rings. The van der Waals surface area contributed by atoms with Crippen molar-refractivity contribution in [2.75, 3.05) is 0 Å². The molecular weight excluding hydrogens is 352 g/mol. The molecule has 132 valence electrons. The van der Waals surface area contributed by atoms with Gasteiger partial charge in [-0.05, 0) is 37.7 Å². The third kappa shape index (κ3) is 3.50. The van der Waals surface area contributed by atoms with Crippen molar-refractivity contribution in [3.05, 3.63) is 75.6 Å². The normalized spacial score (nSPS) is 10.7. The smallest absolute Gasteiger partial charge is 0.284 e. The number of nitro benzene ring substituents is 1. The Labute approximate surface area is 154 Å². The number of carbonyl (C=O) groups is 1. The zero-order valence-electron chi connectivity index (χ0n) is 14.2. The molecule has 0 N–H and O–H groups in total. The first-order valence-corrected chi connectivity index (χ1v) is 8.78. The van der Waals surface area contributed by atoms with Crippen molar-refractivity contribution in [2.24, 2.45) is 0 Å². The number of aryl methyl sites for hydroxylation is 1. The van der Waals surface area contributed by atoms with E-state index in [2.05, 4.69) is 10.2 Å². The second-order valence-electron chi connectivity index (χ2n) is 5.51. The fourth-order valence-corrected chi connectivity index (χ4v) is 3.57. The van der Waals surface area contributed by atoms with Gasteiger partial charge in [-0.15, -0.1) is 10.2 Å². The largest absolute Gasteiger partial charge is 0.306 e. The van der Waals surface area contributed by atoms with Crippen LogP contribution < -0.4 is 0 Å². The summed E-state index contributed by atoms with van der Waals surface area (Å²) in [7, 11) is 0. The van der Waals surface area contributed by atoms with Gasteiger partial charge < -0.3 is 4.57 Å². The van der Waals surface area contributed by atoms with Crippen LogP contribution in [-0.2, 0) is 6.54 Å². The van der Waals surface area contributed by atoms with Crippen molar-refractivity contribution in [2.45, 2.75) is 30.4 Å². The minimum atomic E-state index is -0.483.